The first kappa shape index (κ1) is 29.8. The maximum Gasteiger partial charge on any atom is 0.407 e. The predicted molar refractivity (Wildman–Crippen MR) is 151 cm³/mol. The first-order valence-corrected chi connectivity index (χ1v) is 14.2. The number of alkyl carbamates (subject to hydrolysis) is 1. The van der Waals surface area contributed by atoms with Gasteiger partial charge in [0.05, 0.1) is 0 Å². The van der Waals surface area contributed by atoms with E-state index in [-0.39, 0.29) is 30.3 Å². The van der Waals surface area contributed by atoms with E-state index in [4.69, 9.17) is 4.74 Å². The number of urea groups is 1. The predicted octanol–water partition coefficient (Wildman–Crippen LogP) is 4.03. The lowest BCUT2D eigenvalue weighted by atomic mass is 9.81. The van der Waals surface area contributed by atoms with E-state index in [1.165, 1.54) is 24.3 Å². The highest BCUT2D eigenvalue weighted by atomic mass is 19.1. The Hall–Kier alpha value is -4.15. The van der Waals surface area contributed by atoms with E-state index < -0.39 is 17.7 Å². The Kier molecular flexibility index (Phi) is 10.2. The topological polar surface area (TPSA) is 120 Å². The molecule has 2 fully saturated rings. The van der Waals surface area contributed by atoms with Crippen LogP contribution in [0, 0.1) is 5.82 Å². The van der Waals surface area contributed by atoms with Crippen molar-refractivity contribution in [2.45, 2.75) is 63.6 Å². The summed E-state index contributed by atoms with van der Waals surface area (Å²) < 4.78 is 18.4. The average Bonchev–Trinajstić information content (AvgIpc) is 2.98. The lowest BCUT2D eigenvalue weighted by Gasteiger charge is -2.51. The third-order valence-electron chi connectivity index (χ3n) is 7.63. The Balaban J connectivity index is 1.23. The highest BCUT2D eigenvalue weighted by Gasteiger charge is 2.53. The van der Waals surface area contributed by atoms with E-state index in [9.17, 15) is 23.6 Å². The van der Waals surface area contributed by atoms with Crippen molar-refractivity contribution in [1.82, 2.24) is 20.4 Å². The van der Waals surface area contributed by atoms with Crippen molar-refractivity contribution in [3.63, 3.8) is 0 Å². The van der Waals surface area contributed by atoms with Crippen LogP contribution in [0.3, 0.4) is 0 Å². The molecule has 2 saturated heterocycles. The summed E-state index contributed by atoms with van der Waals surface area (Å²) in [5, 5.41) is 8.42. The number of hydrogen-bond acceptors (Lipinski definition) is 5. The van der Waals surface area contributed by atoms with Crippen LogP contribution in [0.2, 0.25) is 0 Å². The number of piperidine rings is 1. The number of nitrogens with zero attached hydrogens (tertiary/aromatic N) is 2. The van der Waals surface area contributed by atoms with Gasteiger partial charge in [-0.05, 0) is 68.4 Å². The van der Waals surface area contributed by atoms with Gasteiger partial charge in [-0.2, -0.15) is 0 Å². The molecule has 0 unspecified atom stereocenters. The Bertz CT molecular complexity index is 1200. The van der Waals surface area contributed by atoms with Crippen LogP contribution in [0.15, 0.2) is 54.6 Å². The molecule has 41 heavy (non-hydrogen) atoms. The third kappa shape index (κ3) is 7.53. The lowest BCUT2D eigenvalue weighted by molar-refractivity contribution is -0.160. The van der Waals surface area contributed by atoms with Crippen LogP contribution in [0.4, 0.5) is 19.7 Å². The standard InChI is InChI=1S/C30H38FN5O5/c1-2-18-36-26(37)25(10-6-7-17-32-29(40)41-21-22-8-4-3-5-9-22)34-27(38)30(36)15-19-35(20-16-30)28(39)33-24-13-11-23(31)12-14-24/h3-5,8-9,11-14,25H,2,6-7,10,15-21H2,1H3,(H,32,40)(H,33,39)(H,34,38)/t25-/m0/s1. The molecule has 3 N–H and O–H groups in total. The minimum Gasteiger partial charge on any atom is -0.445 e. The number of hydrogen-bond donors (Lipinski definition) is 3. The summed E-state index contributed by atoms with van der Waals surface area (Å²) in [6, 6.07) is 14.0. The van der Waals surface area contributed by atoms with Crippen LogP contribution in [0.25, 0.3) is 0 Å². The molecule has 0 bridgehead atoms. The largest absolute Gasteiger partial charge is 0.445 e. The Morgan fingerprint density at radius 1 is 1.05 bits per heavy atom. The van der Waals surface area contributed by atoms with E-state index in [2.05, 4.69) is 16.0 Å². The second-order valence-corrected chi connectivity index (χ2v) is 10.5. The number of nitrogens with one attached hydrogen (secondary N) is 3. The van der Waals surface area contributed by atoms with Crippen LogP contribution in [-0.4, -0.2) is 71.5 Å². The molecule has 4 rings (SSSR count). The molecule has 1 atom stereocenters. The normalized spacial score (nSPS) is 18.1. The van der Waals surface area contributed by atoms with Gasteiger partial charge in [-0.3, -0.25) is 9.59 Å². The van der Waals surface area contributed by atoms with Gasteiger partial charge in [-0.15, -0.1) is 0 Å². The Morgan fingerprint density at radius 2 is 1.76 bits per heavy atom. The first-order valence-electron chi connectivity index (χ1n) is 14.2. The van der Waals surface area contributed by atoms with Crippen molar-refractivity contribution in [1.29, 1.82) is 0 Å². The van der Waals surface area contributed by atoms with Crippen molar-refractivity contribution in [2.24, 2.45) is 0 Å². The van der Waals surface area contributed by atoms with Gasteiger partial charge < -0.3 is 30.5 Å². The Morgan fingerprint density at radius 3 is 2.44 bits per heavy atom. The minimum absolute atomic E-state index is 0.106. The number of carbonyl (C=O) groups excluding carboxylic acids is 4. The van der Waals surface area contributed by atoms with E-state index in [0.29, 0.717) is 70.4 Å². The van der Waals surface area contributed by atoms with Crippen LogP contribution in [0.5, 0.6) is 0 Å². The summed E-state index contributed by atoms with van der Waals surface area (Å²) in [5.74, 6) is -0.677. The highest BCUT2D eigenvalue weighted by Crippen LogP contribution is 2.34. The number of piperazine rings is 1. The molecular weight excluding hydrogens is 529 g/mol. The molecule has 11 heteroatoms. The molecule has 2 aliphatic heterocycles. The zero-order chi connectivity index (χ0) is 29.2. The molecule has 2 heterocycles. The quantitative estimate of drug-likeness (QED) is 0.375. The highest BCUT2D eigenvalue weighted by molar-refractivity contribution is 6.00. The fraction of sp³-hybridized carbons (Fsp3) is 0.467. The SMILES string of the molecule is CCCN1C(=O)[C@H](CCCCNC(=O)OCc2ccccc2)NC(=O)C12CCN(C(=O)Nc1ccc(F)cc1)CC2. The van der Waals surface area contributed by atoms with Crippen LogP contribution >= 0.6 is 0 Å². The summed E-state index contributed by atoms with van der Waals surface area (Å²) >= 11 is 0. The number of rotatable bonds is 10. The van der Waals surface area contributed by atoms with E-state index >= 15 is 0 Å². The molecule has 220 valence electrons. The monoisotopic (exact) mass is 567 g/mol. The van der Waals surface area contributed by atoms with Gasteiger partial charge in [0.1, 0.15) is 24.0 Å². The molecule has 5 amide bonds. The van der Waals surface area contributed by atoms with Gasteiger partial charge >= 0.3 is 12.1 Å². The molecular formula is C30H38FN5O5. The molecule has 2 aliphatic rings. The number of carbonyl (C=O) groups is 4. The summed E-state index contributed by atoms with van der Waals surface area (Å²) in [4.78, 5) is 55.0. The van der Waals surface area contributed by atoms with Gasteiger partial charge in [0.25, 0.3) is 0 Å². The van der Waals surface area contributed by atoms with Crippen molar-refractivity contribution in [3.8, 4) is 0 Å². The fourth-order valence-electron chi connectivity index (χ4n) is 5.37. The van der Waals surface area contributed by atoms with Crippen LogP contribution < -0.4 is 16.0 Å². The summed E-state index contributed by atoms with van der Waals surface area (Å²) in [7, 11) is 0. The van der Waals surface area contributed by atoms with Gasteiger partial charge in [-0.25, -0.2) is 14.0 Å². The molecule has 0 radical (unpaired) electrons. The number of likely N-dealkylation sites (tertiary alicyclic amines) is 1. The number of amides is 5. The molecule has 0 aliphatic carbocycles. The van der Waals surface area contributed by atoms with Gasteiger partial charge in [0.2, 0.25) is 11.8 Å². The fourth-order valence-corrected chi connectivity index (χ4v) is 5.37. The number of halogens is 1. The Labute approximate surface area is 239 Å². The second-order valence-electron chi connectivity index (χ2n) is 10.5. The van der Waals surface area contributed by atoms with Crippen molar-refractivity contribution in [3.05, 3.63) is 66.0 Å². The minimum atomic E-state index is -0.986. The summed E-state index contributed by atoms with van der Waals surface area (Å²) in [5.41, 5.74) is 0.403. The maximum atomic E-state index is 13.5. The molecule has 2 aromatic carbocycles. The number of benzene rings is 2. The summed E-state index contributed by atoms with van der Waals surface area (Å²) in [6.45, 7) is 3.65. The molecule has 10 nitrogen and oxygen atoms in total. The molecule has 0 aromatic heterocycles. The van der Waals surface area contributed by atoms with E-state index in [0.717, 1.165) is 5.56 Å². The van der Waals surface area contributed by atoms with Crippen molar-refractivity contribution < 1.29 is 28.3 Å². The zero-order valence-electron chi connectivity index (χ0n) is 23.4. The maximum absolute atomic E-state index is 13.5. The molecule has 1 spiro atoms. The first-order chi connectivity index (χ1) is 19.8. The van der Waals surface area contributed by atoms with Crippen molar-refractivity contribution in [2.75, 3.05) is 31.5 Å². The number of anilines is 1. The third-order valence-corrected chi connectivity index (χ3v) is 7.63. The lowest BCUT2D eigenvalue weighted by Crippen LogP contribution is -2.73. The summed E-state index contributed by atoms with van der Waals surface area (Å²) in [6.07, 6.45) is 2.62. The zero-order valence-corrected chi connectivity index (χ0v) is 23.4. The number of ether oxygens (including phenoxy) is 1. The molecule has 0 saturated carbocycles. The van der Waals surface area contributed by atoms with Gasteiger partial charge in [0, 0.05) is 31.9 Å². The number of unbranched alkanes of at least 4 members (excludes halogenated alkanes) is 1. The van der Waals surface area contributed by atoms with Gasteiger partial charge in [0.15, 0.2) is 0 Å². The molecule has 2 aromatic rings. The van der Waals surface area contributed by atoms with E-state index in [1.54, 1.807) is 9.80 Å². The second kappa shape index (κ2) is 14.0. The smallest absolute Gasteiger partial charge is 0.407 e. The van der Waals surface area contributed by atoms with Crippen LogP contribution in [-0.2, 0) is 20.9 Å². The van der Waals surface area contributed by atoms with E-state index in [1.807, 2.05) is 37.3 Å². The van der Waals surface area contributed by atoms with Gasteiger partial charge in [-0.1, -0.05) is 37.3 Å². The van der Waals surface area contributed by atoms with Crippen molar-refractivity contribution >= 4 is 29.6 Å². The van der Waals surface area contributed by atoms with Crippen LogP contribution in [0.1, 0.15) is 51.0 Å². The average molecular weight is 568 g/mol.